The molecule has 1 amide bonds. The lowest BCUT2D eigenvalue weighted by Gasteiger charge is -2.15. The molecule has 1 N–H and O–H groups in total. The third-order valence-electron chi connectivity index (χ3n) is 3.50. The average molecular weight is 296 g/mol. The summed E-state index contributed by atoms with van der Waals surface area (Å²) in [5.41, 5.74) is -0.575. The number of nitro benzene ring substituents is 1. The molecule has 1 aromatic carbocycles. The van der Waals surface area contributed by atoms with Crippen molar-refractivity contribution < 1.29 is 14.1 Å². The van der Waals surface area contributed by atoms with Crippen LogP contribution >= 0.6 is 0 Å². The van der Waals surface area contributed by atoms with E-state index in [0.717, 1.165) is 37.8 Å². The van der Waals surface area contributed by atoms with Crippen LogP contribution in [0.1, 0.15) is 49.9 Å². The standard InChI is InChI=1S/C15H21FN2O3/c1-3-5-6-11(4-2)10-17-15(19)12-7-8-13(16)14(9-12)18(20)21/h7-9,11H,3-6,10H2,1-2H3,(H,17,19). The van der Waals surface area contributed by atoms with Crippen molar-refractivity contribution in [2.45, 2.75) is 39.5 Å². The minimum Gasteiger partial charge on any atom is -0.352 e. The number of benzene rings is 1. The highest BCUT2D eigenvalue weighted by atomic mass is 19.1. The van der Waals surface area contributed by atoms with Gasteiger partial charge in [0.05, 0.1) is 4.92 Å². The van der Waals surface area contributed by atoms with E-state index in [1.807, 2.05) is 0 Å². The van der Waals surface area contributed by atoms with Gasteiger partial charge in [0.2, 0.25) is 5.82 Å². The van der Waals surface area contributed by atoms with Gasteiger partial charge < -0.3 is 5.32 Å². The quantitative estimate of drug-likeness (QED) is 0.587. The molecule has 0 fully saturated rings. The largest absolute Gasteiger partial charge is 0.352 e. The van der Waals surface area contributed by atoms with Gasteiger partial charge in [-0.25, -0.2) is 0 Å². The minimum absolute atomic E-state index is 0.105. The highest BCUT2D eigenvalue weighted by Crippen LogP contribution is 2.18. The molecule has 0 aliphatic rings. The lowest BCUT2D eigenvalue weighted by Crippen LogP contribution is -2.29. The van der Waals surface area contributed by atoms with Gasteiger partial charge in [-0.15, -0.1) is 0 Å². The van der Waals surface area contributed by atoms with Gasteiger partial charge in [-0.05, 0) is 24.5 Å². The minimum atomic E-state index is -0.939. The van der Waals surface area contributed by atoms with Crippen molar-refractivity contribution in [2.24, 2.45) is 5.92 Å². The van der Waals surface area contributed by atoms with Gasteiger partial charge >= 0.3 is 5.69 Å². The summed E-state index contributed by atoms with van der Waals surface area (Å²) < 4.78 is 13.2. The summed E-state index contributed by atoms with van der Waals surface area (Å²) >= 11 is 0. The molecule has 21 heavy (non-hydrogen) atoms. The summed E-state index contributed by atoms with van der Waals surface area (Å²) in [7, 11) is 0. The Morgan fingerprint density at radius 1 is 1.43 bits per heavy atom. The molecule has 1 atom stereocenters. The predicted octanol–water partition coefficient (Wildman–Crippen LogP) is 3.68. The number of halogens is 1. The van der Waals surface area contributed by atoms with E-state index in [4.69, 9.17) is 0 Å². The Bertz CT molecular complexity index is 506. The molecule has 0 saturated carbocycles. The van der Waals surface area contributed by atoms with Crippen molar-refractivity contribution in [3.63, 3.8) is 0 Å². The number of amides is 1. The summed E-state index contributed by atoms with van der Waals surface area (Å²) in [6, 6.07) is 3.17. The highest BCUT2D eigenvalue weighted by Gasteiger charge is 2.18. The molecular weight excluding hydrogens is 275 g/mol. The van der Waals surface area contributed by atoms with E-state index in [1.54, 1.807) is 0 Å². The van der Waals surface area contributed by atoms with Crippen LogP contribution in [0.3, 0.4) is 0 Å². The Hall–Kier alpha value is -1.98. The Morgan fingerprint density at radius 2 is 2.14 bits per heavy atom. The molecule has 0 aromatic heterocycles. The van der Waals surface area contributed by atoms with E-state index >= 15 is 0 Å². The van der Waals surface area contributed by atoms with Gasteiger partial charge in [-0.3, -0.25) is 14.9 Å². The molecule has 0 saturated heterocycles. The second-order valence-electron chi connectivity index (χ2n) is 5.05. The number of rotatable bonds is 8. The van der Waals surface area contributed by atoms with Crippen LogP contribution in [-0.4, -0.2) is 17.4 Å². The number of nitro groups is 1. The molecule has 116 valence electrons. The Morgan fingerprint density at radius 3 is 2.71 bits per heavy atom. The molecule has 1 rings (SSSR count). The zero-order valence-corrected chi connectivity index (χ0v) is 12.4. The number of unbranched alkanes of at least 4 members (excludes halogenated alkanes) is 1. The fourth-order valence-corrected chi connectivity index (χ4v) is 2.08. The van der Waals surface area contributed by atoms with E-state index in [0.29, 0.717) is 12.5 Å². The van der Waals surface area contributed by atoms with Crippen LogP contribution in [0.25, 0.3) is 0 Å². The van der Waals surface area contributed by atoms with E-state index < -0.39 is 22.3 Å². The maximum atomic E-state index is 13.2. The van der Waals surface area contributed by atoms with Gasteiger partial charge in [-0.1, -0.05) is 33.1 Å². The zero-order valence-electron chi connectivity index (χ0n) is 12.4. The summed E-state index contributed by atoms with van der Waals surface area (Å²) in [6.45, 7) is 4.71. The van der Waals surface area contributed by atoms with Crippen LogP contribution in [0.15, 0.2) is 18.2 Å². The van der Waals surface area contributed by atoms with Crippen LogP contribution < -0.4 is 5.32 Å². The summed E-state index contributed by atoms with van der Waals surface area (Å²) in [5, 5.41) is 13.4. The Kier molecular flexibility index (Phi) is 6.78. The monoisotopic (exact) mass is 296 g/mol. The first-order chi connectivity index (χ1) is 9.99. The third-order valence-corrected chi connectivity index (χ3v) is 3.50. The molecule has 0 radical (unpaired) electrons. The van der Waals surface area contributed by atoms with E-state index in [2.05, 4.69) is 19.2 Å². The lowest BCUT2D eigenvalue weighted by molar-refractivity contribution is -0.387. The lowest BCUT2D eigenvalue weighted by atomic mass is 9.99. The smallest absolute Gasteiger partial charge is 0.305 e. The number of nitrogens with zero attached hydrogens (tertiary/aromatic N) is 1. The van der Waals surface area contributed by atoms with Crippen molar-refractivity contribution in [3.8, 4) is 0 Å². The fourth-order valence-electron chi connectivity index (χ4n) is 2.08. The summed E-state index contributed by atoms with van der Waals surface area (Å²) in [4.78, 5) is 21.8. The third kappa shape index (κ3) is 5.13. The highest BCUT2D eigenvalue weighted by molar-refractivity contribution is 5.94. The second kappa shape index (κ2) is 8.34. The summed E-state index contributed by atoms with van der Waals surface area (Å²) in [6.07, 6.45) is 4.21. The maximum Gasteiger partial charge on any atom is 0.305 e. The normalized spacial score (nSPS) is 12.0. The van der Waals surface area contributed by atoms with Gasteiger partial charge in [-0.2, -0.15) is 4.39 Å². The molecule has 0 aliphatic carbocycles. The van der Waals surface area contributed by atoms with Crippen LogP contribution in [0.4, 0.5) is 10.1 Å². The van der Waals surface area contributed by atoms with Crippen LogP contribution in [-0.2, 0) is 0 Å². The van der Waals surface area contributed by atoms with Gasteiger partial charge in [0, 0.05) is 18.2 Å². The molecule has 0 bridgehead atoms. The first-order valence-corrected chi connectivity index (χ1v) is 7.21. The SMILES string of the molecule is CCCCC(CC)CNC(=O)c1ccc(F)c([N+](=O)[O-])c1. The van der Waals surface area contributed by atoms with Crippen molar-refractivity contribution in [1.82, 2.24) is 5.32 Å². The first kappa shape index (κ1) is 17.1. The Balaban J connectivity index is 2.67. The fraction of sp³-hybridized carbons (Fsp3) is 0.533. The van der Waals surface area contributed by atoms with Crippen molar-refractivity contribution >= 4 is 11.6 Å². The molecule has 1 aromatic rings. The first-order valence-electron chi connectivity index (χ1n) is 7.21. The second-order valence-corrected chi connectivity index (χ2v) is 5.05. The molecule has 5 nitrogen and oxygen atoms in total. The van der Waals surface area contributed by atoms with Crippen molar-refractivity contribution in [1.29, 1.82) is 0 Å². The molecular formula is C15H21FN2O3. The number of hydrogen-bond donors (Lipinski definition) is 1. The van der Waals surface area contributed by atoms with Crippen LogP contribution in [0.2, 0.25) is 0 Å². The zero-order chi connectivity index (χ0) is 15.8. The van der Waals surface area contributed by atoms with Crippen molar-refractivity contribution in [3.05, 3.63) is 39.7 Å². The molecule has 0 aliphatic heterocycles. The maximum absolute atomic E-state index is 13.2. The topological polar surface area (TPSA) is 72.2 Å². The van der Waals surface area contributed by atoms with Crippen molar-refractivity contribution in [2.75, 3.05) is 6.54 Å². The van der Waals surface area contributed by atoms with Crippen LogP contribution in [0, 0.1) is 21.8 Å². The molecule has 6 heteroatoms. The number of hydrogen-bond acceptors (Lipinski definition) is 3. The number of carbonyl (C=O) groups excluding carboxylic acids is 1. The summed E-state index contributed by atoms with van der Waals surface area (Å²) in [5.74, 6) is -0.955. The van der Waals surface area contributed by atoms with Gasteiger partial charge in [0.1, 0.15) is 0 Å². The number of nitrogens with one attached hydrogen (secondary N) is 1. The molecule has 1 unspecified atom stereocenters. The van der Waals surface area contributed by atoms with Gasteiger partial charge in [0.25, 0.3) is 5.91 Å². The van der Waals surface area contributed by atoms with E-state index in [9.17, 15) is 19.3 Å². The van der Waals surface area contributed by atoms with E-state index in [-0.39, 0.29) is 5.56 Å². The molecule has 0 heterocycles. The van der Waals surface area contributed by atoms with E-state index in [1.165, 1.54) is 6.07 Å². The Labute approximate surface area is 123 Å². The number of carbonyl (C=O) groups is 1. The van der Waals surface area contributed by atoms with Crippen LogP contribution in [0.5, 0.6) is 0 Å². The predicted molar refractivity (Wildman–Crippen MR) is 78.7 cm³/mol. The average Bonchev–Trinajstić information content (AvgIpc) is 2.47. The van der Waals surface area contributed by atoms with Gasteiger partial charge in [0.15, 0.2) is 0 Å². The molecule has 0 spiro atoms.